The Kier molecular flexibility index (Phi) is 3.34. The molecule has 0 saturated carbocycles. The first kappa shape index (κ1) is 11.7. The summed E-state index contributed by atoms with van der Waals surface area (Å²) in [6, 6.07) is 10.1. The molecule has 0 bridgehead atoms. The van der Waals surface area contributed by atoms with Crippen molar-refractivity contribution in [3.63, 3.8) is 0 Å². The van der Waals surface area contributed by atoms with E-state index in [1.54, 1.807) is 5.20 Å². The van der Waals surface area contributed by atoms with Crippen LogP contribution in [0.4, 0.5) is 0 Å². The van der Waals surface area contributed by atoms with E-state index in [-0.39, 0.29) is 0 Å². The molecule has 0 aromatic heterocycles. The highest BCUT2D eigenvalue weighted by Crippen LogP contribution is 2.34. The molecule has 0 unspecified atom stereocenters. The third-order valence-electron chi connectivity index (χ3n) is 3.55. The van der Waals surface area contributed by atoms with Crippen LogP contribution in [-0.2, 0) is 0 Å². The van der Waals surface area contributed by atoms with Crippen molar-refractivity contribution < 1.29 is 0 Å². The van der Waals surface area contributed by atoms with Gasteiger partial charge in [0.2, 0.25) is 0 Å². The summed E-state index contributed by atoms with van der Waals surface area (Å²) in [7, 11) is -1.18. The number of hydrogen-bond donors (Lipinski definition) is 0. The molecule has 1 aromatic rings. The second kappa shape index (κ2) is 4.58. The molecule has 0 atom stereocenters. The maximum absolute atomic E-state index is 2.50. The van der Waals surface area contributed by atoms with Crippen molar-refractivity contribution >= 4 is 14.1 Å². The fourth-order valence-electron chi connectivity index (χ4n) is 2.30. The number of allylic oxidation sites excluding steroid dienone is 1. The highest BCUT2D eigenvalue weighted by atomic mass is 28.3. The predicted molar refractivity (Wildman–Crippen MR) is 75.0 cm³/mol. The van der Waals surface area contributed by atoms with Gasteiger partial charge in [-0.2, -0.15) is 0 Å². The predicted octanol–water partition coefficient (Wildman–Crippen LogP) is 4.68. The van der Waals surface area contributed by atoms with Gasteiger partial charge in [-0.05, 0) is 11.1 Å². The van der Waals surface area contributed by atoms with Crippen molar-refractivity contribution in [1.29, 1.82) is 0 Å². The zero-order valence-electron chi connectivity index (χ0n) is 10.6. The Morgan fingerprint density at radius 1 is 1.06 bits per heavy atom. The van der Waals surface area contributed by atoms with E-state index in [0.717, 1.165) is 0 Å². The Bertz CT molecular complexity index is 402. The van der Waals surface area contributed by atoms with Crippen molar-refractivity contribution in [2.75, 3.05) is 0 Å². The van der Waals surface area contributed by atoms with Crippen LogP contribution in [-0.4, -0.2) is 8.07 Å². The van der Waals surface area contributed by atoms with Gasteiger partial charge in [-0.25, -0.2) is 0 Å². The van der Waals surface area contributed by atoms with Crippen LogP contribution in [0, 0.1) is 6.42 Å². The average molecular weight is 229 g/mol. The molecule has 1 aromatic carbocycles. The summed E-state index contributed by atoms with van der Waals surface area (Å²) in [5.74, 6) is 0. The second-order valence-electron chi connectivity index (χ2n) is 5.36. The Labute approximate surface area is 100 Å². The second-order valence-corrected chi connectivity index (χ2v) is 10.2. The number of unbranched alkanes of at least 4 members (excludes halogenated alkanes) is 1. The lowest BCUT2D eigenvalue weighted by atomic mass is 10.1. The van der Waals surface area contributed by atoms with Crippen molar-refractivity contribution in [2.45, 2.75) is 38.9 Å². The van der Waals surface area contributed by atoms with E-state index in [1.165, 1.54) is 30.0 Å². The van der Waals surface area contributed by atoms with Gasteiger partial charge >= 0.3 is 0 Å². The van der Waals surface area contributed by atoms with Gasteiger partial charge in [-0.15, -0.1) is 0 Å². The summed E-state index contributed by atoms with van der Waals surface area (Å²) in [5, 5.41) is 1.63. The van der Waals surface area contributed by atoms with Gasteiger partial charge in [-0.3, -0.25) is 0 Å². The minimum absolute atomic E-state index is 1.18. The molecule has 0 nitrogen and oxygen atoms in total. The maximum Gasteiger partial charge on any atom is 0.0763 e. The summed E-state index contributed by atoms with van der Waals surface area (Å²) in [5.41, 5.74) is 2.82. The molecule has 0 heterocycles. The molecule has 1 heteroatoms. The Balaban J connectivity index is 2.15. The summed E-state index contributed by atoms with van der Waals surface area (Å²) in [6.07, 6.45) is 7.52. The van der Waals surface area contributed by atoms with E-state index in [4.69, 9.17) is 0 Å². The number of rotatable bonds is 4. The molecule has 0 aliphatic heterocycles. The van der Waals surface area contributed by atoms with E-state index in [9.17, 15) is 0 Å². The lowest BCUT2D eigenvalue weighted by Crippen LogP contribution is -2.28. The Hall–Kier alpha value is -0.823. The van der Waals surface area contributed by atoms with Gasteiger partial charge in [0, 0.05) is 6.42 Å². The summed E-state index contributed by atoms with van der Waals surface area (Å²) in [6.45, 7) is 7.28. The van der Waals surface area contributed by atoms with E-state index in [2.05, 4.69) is 56.8 Å². The summed E-state index contributed by atoms with van der Waals surface area (Å²) in [4.78, 5) is 0. The van der Waals surface area contributed by atoms with Crippen molar-refractivity contribution in [2.24, 2.45) is 0 Å². The van der Waals surface area contributed by atoms with E-state index >= 15 is 0 Å². The first-order valence-corrected chi connectivity index (χ1v) is 9.50. The lowest BCUT2D eigenvalue weighted by molar-refractivity contribution is 0.869. The maximum atomic E-state index is 2.50. The smallest absolute Gasteiger partial charge is 0.0720 e. The molecule has 85 valence electrons. The molecule has 2 rings (SSSR count). The fourth-order valence-corrected chi connectivity index (χ4v) is 4.92. The number of hydrogen-bond acceptors (Lipinski definition) is 0. The molecular formula is C15H21Si. The van der Waals surface area contributed by atoms with Crippen molar-refractivity contribution in [3.05, 3.63) is 47.0 Å². The Morgan fingerprint density at radius 3 is 2.38 bits per heavy atom. The molecule has 0 fully saturated rings. The highest BCUT2D eigenvalue weighted by Gasteiger charge is 2.28. The molecular weight excluding hydrogens is 208 g/mol. The Morgan fingerprint density at radius 2 is 1.75 bits per heavy atom. The number of fused-ring (bicyclic) bond motifs is 1. The van der Waals surface area contributed by atoms with Crippen LogP contribution < -0.4 is 0 Å². The number of benzene rings is 1. The average Bonchev–Trinajstić information content (AvgIpc) is 2.71. The van der Waals surface area contributed by atoms with Crippen LogP contribution in [0.5, 0.6) is 0 Å². The quantitative estimate of drug-likeness (QED) is 0.657. The highest BCUT2D eigenvalue weighted by molar-refractivity contribution is 6.85. The van der Waals surface area contributed by atoms with Crippen LogP contribution in [0.2, 0.25) is 19.1 Å². The minimum atomic E-state index is -1.18. The molecule has 1 radical (unpaired) electrons. The molecule has 16 heavy (non-hydrogen) atoms. The molecule has 0 saturated heterocycles. The standard InChI is InChI=1S/C15H21Si/c1-4-5-10-16(2,3)15-11-13-8-6-7-9-14(13)12-15/h6-9,11-12H,4-5,10H2,1-3H3. The van der Waals surface area contributed by atoms with Crippen LogP contribution >= 0.6 is 0 Å². The summed E-state index contributed by atoms with van der Waals surface area (Å²) < 4.78 is 0. The van der Waals surface area contributed by atoms with E-state index < -0.39 is 8.07 Å². The third-order valence-corrected chi connectivity index (χ3v) is 7.01. The van der Waals surface area contributed by atoms with Crippen molar-refractivity contribution in [1.82, 2.24) is 0 Å². The monoisotopic (exact) mass is 229 g/mol. The molecule has 0 spiro atoms. The first-order valence-electron chi connectivity index (χ1n) is 6.29. The van der Waals surface area contributed by atoms with Crippen molar-refractivity contribution in [3.8, 4) is 0 Å². The summed E-state index contributed by atoms with van der Waals surface area (Å²) >= 11 is 0. The topological polar surface area (TPSA) is 0 Å². The first-order chi connectivity index (χ1) is 7.63. The van der Waals surface area contributed by atoms with Gasteiger partial charge in [0.1, 0.15) is 0 Å². The van der Waals surface area contributed by atoms with Gasteiger partial charge < -0.3 is 0 Å². The zero-order valence-corrected chi connectivity index (χ0v) is 11.6. The largest absolute Gasteiger partial charge is 0.0763 e. The molecule has 1 aliphatic carbocycles. The van der Waals surface area contributed by atoms with E-state index in [0.29, 0.717) is 0 Å². The van der Waals surface area contributed by atoms with Gasteiger partial charge in [-0.1, -0.05) is 74.4 Å². The normalized spacial score (nSPS) is 14.8. The van der Waals surface area contributed by atoms with Crippen LogP contribution in [0.3, 0.4) is 0 Å². The fraction of sp³-hybridized carbons (Fsp3) is 0.400. The van der Waals surface area contributed by atoms with Gasteiger partial charge in [0.05, 0.1) is 8.07 Å². The van der Waals surface area contributed by atoms with E-state index in [1.807, 2.05) is 0 Å². The van der Waals surface area contributed by atoms with Crippen LogP contribution in [0.25, 0.3) is 6.08 Å². The molecule has 0 N–H and O–H groups in total. The SMILES string of the molecule is CCCC[Si](C)(C)C1=Cc2ccccc2[CH]1. The van der Waals surface area contributed by atoms with Crippen LogP contribution in [0.15, 0.2) is 29.5 Å². The molecule has 1 aliphatic rings. The lowest BCUT2D eigenvalue weighted by Gasteiger charge is -2.23. The van der Waals surface area contributed by atoms with Gasteiger partial charge in [0.25, 0.3) is 0 Å². The van der Waals surface area contributed by atoms with Crippen LogP contribution in [0.1, 0.15) is 30.9 Å². The minimum Gasteiger partial charge on any atom is -0.0720 e. The third kappa shape index (κ3) is 2.30. The zero-order chi connectivity index (χ0) is 11.6. The van der Waals surface area contributed by atoms with Gasteiger partial charge in [0.15, 0.2) is 0 Å². The molecule has 0 amide bonds.